The van der Waals surface area contributed by atoms with Crippen molar-refractivity contribution in [3.63, 3.8) is 0 Å². The van der Waals surface area contributed by atoms with Crippen LogP contribution in [0, 0.1) is 0 Å². The van der Waals surface area contributed by atoms with Crippen LogP contribution in [0.1, 0.15) is 22.3 Å². The summed E-state index contributed by atoms with van der Waals surface area (Å²) in [5.74, 6) is -0.612. The van der Waals surface area contributed by atoms with E-state index in [-0.39, 0.29) is 33.8 Å². The number of hydrogen-bond acceptors (Lipinski definition) is 5. The topological polar surface area (TPSA) is 87.7 Å². The van der Waals surface area contributed by atoms with E-state index in [2.05, 4.69) is 4.98 Å². The third-order valence-electron chi connectivity index (χ3n) is 4.25. The molecule has 1 saturated heterocycles. The molecule has 0 N–H and O–H groups in total. The van der Waals surface area contributed by atoms with Crippen LogP contribution in [-0.4, -0.2) is 54.6 Å². The molecule has 2 aromatic rings. The highest BCUT2D eigenvalue weighted by Gasteiger charge is 2.32. The molecule has 7 nitrogen and oxygen atoms in total. The Morgan fingerprint density at radius 2 is 1.78 bits per heavy atom. The molecule has 9 heteroatoms. The molecule has 1 aliphatic heterocycles. The van der Waals surface area contributed by atoms with E-state index < -0.39 is 9.84 Å². The molecule has 2 amide bonds. The Hall–Kier alpha value is -2.45. The largest absolute Gasteiger partial charge is 0.275 e. The number of hydrogen-bond donors (Lipinski definition) is 0. The third kappa shape index (κ3) is 4.28. The van der Waals surface area contributed by atoms with Crippen molar-refractivity contribution in [2.45, 2.75) is 17.7 Å². The lowest BCUT2D eigenvalue weighted by molar-refractivity contribution is -0.139. The standard InChI is InChI=1S/C18H18ClN3O4S/c1-27(25,26)14-7-5-13(6-8-14)12-16(23)21-10-3-11-22(21)18(24)15-4-2-9-20-17(15)19/h2,4-9H,3,10-12H2,1H3. The maximum atomic E-state index is 12.7. The van der Waals surface area contributed by atoms with E-state index in [1.807, 2.05) is 0 Å². The Balaban J connectivity index is 1.74. The van der Waals surface area contributed by atoms with E-state index in [0.29, 0.717) is 25.1 Å². The van der Waals surface area contributed by atoms with Crippen molar-refractivity contribution in [1.29, 1.82) is 0 Å². The number of carbonyl (C=O) groups is 2. The molecule has 1 aliphatic rings. The van der Waals surface area contributed by atoms with Gasteiger partial charge >= 0.3 is 0 Å². The number of benzene rings is 1. The van der Waals surface area contributed by atoms with Gasteiger partial charge in [-0.2, -0.15) is 0 Å². The predicted molar refractivity (Wildman–Crippen MR) is 99.9 cm³/mol. The van der Waals surface area contributed by atoms with Crippen molar-refractivity contribution in [2.24, 2.45) is 0 Å². The average molecular weight is 408 g/mol. The minimum Gasteiger partial charge on any atom is -0.273 e. The normalized spacial score (nSPS) is 14.4. The highest BCUT2D eigenvalue weighted by Crippen LogP contribution is 2.20. The summed E-state index contributed by atoms with van der Waals surface area (Å²) in [6.07, 6.45) is 3.35. The summed E-state index contributed by atoms with van der Waals surface area (Å²) >= 11 is 6.00. The van der Waals surface area contributed by atoms with E-state index in [1.54, 1.807) is 24.3 Å². The molecule has 2 heterocycles. The Morgan fingerprint density at radius 1 is 1.11 bits per heavy atom. The van der Waals surface area contributed by atoms with Gasteiger partial charge in [-0.25, -0.2) is 18.4 Å². The highest BCUT2D eigenvalue weighted by atomic mass is 35.5. The molecule has 0 saturated carbocycles. The Labute approximate surface area is 162 Å². The van der Waals surface area contributed by atoms with Crippen LogP contribution in [0.25, 0.3) is 0 Å². The fourth-order valence-electron chi connectivity index (χ4n) is 2.89. The van der Waals surface area contributed by atoms with Gasteiger partial charge in [0.25, 0.3) is 5.91 Å². The molecule has 3 rings (SSSR count). The summed E-state index contributed by atoms with van der Waals surface area (Å²) in [5, 5.41) is 2.89. The predicted octanol–water partition coefficient (Wildman–Crippen LogP) is 1.97. The zero-order chi connectivity index (χ0) is 19.6. The SMILES string of the molecule is CS(=O)(=O)c1ccc(CC(=O)N2CCCN2C(=O)c2cccnc2Cl)cc1. The van der Waals surface area contributed by atoms with Gasteiger partial charge in [-0.05, 0) is 36.2 Å². The van der Waals surface area contributed by atoms with Gasteiger partial charge in [0, 0.05) is 25.5 Å². The number of amides is 2. The molecular weight excluding hydrogens is 390 g/mol. The summed E-state index contributed by atoms with van der Waals surface area (Å²) in [4.78, 5) is 29.5. The lowest BCUT2D eigenvalue weighted by Crippen LogP contribution is -2.45. The van der Waals surface area contributed by atoms with Crippen molar-refractivity contribution >= 4 is 33.3 Å². The van der Waals surface area contributed by atoms with E-state index in [9.17, 15) is 18.0 Å². The first-order chi connectivity index (χ1) is 12.8. The number of pyridine rings is 1. The van der Waals surface area contributed by atoms with E-state index in [1.165, 1.54) is 28.3 Å². The second-order valence-electron chi connectivity index (χ2n) is 6.23. The van der Waals surface area contributed by atoms with Crippen LogP contribution in [0.4, 0.5) is 0 Å². The van der Waals surface area contributed by atoms with Crippen LogP contribution in [0.2, 0.25) is 5.15 Å². The lowest BCUT2D eigenvalue weighted by atomic mass is 10.1. The molecule has 0 radical (unpaired) electrons. The van der Waals surface area contributed by atoms with Gasteiger partial charge in [-0.3, -0.25) is 14.6 Å². The van der Waals surface area contributed by atoms with Gasteiger partial charge in [0.1, 0.15) is 5.15 Å². The van der Waals surface area contributed by atoms with Crippen LogP contribution in [0.5, 0.6) is 0 Å². The van der Waals surface area contributed by atoms with Crippen molar-refractivity contribution in [2.75, 3.05) is 19.3 Å². The molecule has 0 unspecified atom stereocenters. The van der Waals surface area contributed by atoms with Crippen LogP contribution < -0.4 is 0 Å². The number of halogens is 1. The second kappa shape index (κ2) is 7.66. The summed E-state index contributed by atoms with van der Waals surface area (Å²) < 4.78 is 23.0. The van der Waals surface area contributed by atoms with Crippen molar-refractivity contribution < 1.29 is 18.0 Å². The summed E-state index contributed by atoms with van der Waals surface area (Å²) in [6.45, 7) is 0.854. The van der Waals surface area contributed by atoms with Gasteiger partial charge in [-0.15, -0.1) is 0 Å². The molecule has 27 heavy (non-hydrogen) atoms. The number of rotatable bonds is 4. The number of aromatic nitrogens is 1. The van der Waals surface area contributed by atoms with Crippen molar-refractivity contribution in [3.05, 3.63) is 58.9 Å². The molecular formula is C18H18ClN3O4S. The molecule has 0 spiro atoms. The minimum atomic E-state index is -3.29. The zero-order valence-electron chi connectivity index (χ0n) is 14.6. The van der Waals surface area contributed by atoms with Crippen LogP contribution in [0.3, 0.4) is 0 Å². The van der Waals surface area contributed by atoms with Crippen LogP contribution in [-0.2, 0) is 21.1 Å². The fraction of sp³-hybridized carbons (Fsp3) is 0.278. The van der Waals surface area contributed by atoms with Gasteiger partial charge in [0.15, 0.2) is 9.84 Å². The van der Waals surface area contributed by atoms with Crippen LogP contribution >= 0.6 is 11.6 Å². The number of hydrazine groups is 1. The molecule has 0 aliphatic carbocycles. The van der Waals surface area contributed by atoms with Crippen molar-refractivity contribution in [3.8, 4) is 0 Å². The molecule has 1 aromatic carbocycles. The second-order valence-corrected chi connectivity index (χ2v) is 8.61. The summed E-state index contributed by atoms with van der Waals surface area (Å²) in [6, 6.07) is 9.34. The first-order valence-corrected chi connectivity index (χ1v) is 10.6. The minimum absolute atomic E-state index is 0.0641. The Morgan fingerprint density at radius 3 is 2.41 bits per heavy atom. The fourth-order valence-corrected chi connectivity index (χ4v) is 3.72. The monoisotopic (exact) mass is 407 g/mol. The quantitative estimate of drug-likeness (QED) is 0.723. The lowest BCUT2D eigenvalue weighted by Gasteiger charge is -2.28. The van der Waals surface area contributed by atoms with Crippen molar-refractivity contribution in [1.82, 2.24) is 15.0 Å². The highest BCUT2D eigenvalue weighted by molar-refractivity contribution is 7.90. The average Bonchev–Trinajstić information content (AvgIpc) is 3.11. The molecule has 1 aromatic heterocycles. The van der Waals surface area contributed by atoms with Crippen LogP contribution in [0.15, 0.2) is 47.5 Å². The van der Waals surface area contributed by atoms with E-state index in [4.69, 9.17) is 11.6 Å². The third-order valence-corrected chi connectivity index (χ3v) is 5.68. The molecule has 1 fully saturated rings. The number of carbonyl (C=O) groups excluding carboxylic acids is 2. The molecule has 142 valence electrons. The smallest absolute Gasteiger partial charge is 0.273 e. The first kappa shape index (κ1) is 19.3. The summed E-state index contributed by atoms with van der Waals surface area (Å²) in [7, 11) is -3.29. The zero-order valence-corrected chi connectivity index (χ0v) is 16.2. The van der Waals surface area contributed by atoms with Gasteiger partial charge < -0.3 is 0 Å². The van der Waals surface area contributed by atoms with Gasteiger partial charge in [0.05, 0.1) is 16.9 Å². The molecule has 0 atom stereocenters. The molecule has 0 bridgehead atoms. The van der Waals surface area contributed by atoms with E-state index in [0.717, 1.165) is 6.26 Å². The maximum absolute atomic E-state index is 12.7. The number of sulfone groups is 1. The Bertz CT molecular complexity index is 976. The number of nitrogens with zero attached hydrogens (tertiary/aromatic N) is 3. The summed E-state index contributed by atoms with van der Waals surface area (Å²) in [5.41, 5.74) is 0.919. The Kier molecular flexibility index (Phi) is 5.48. The van der Waals surface area contributed by atoms with Gasteiger partial charge in [-0.1, -0.05) is 23.7 Å². The van der Waals surface area contributed by atoms with Gasteiger partial charge in [0.2, 0.25) is 5.91 Å². The maximum Gasteiger partial charge on any atom is 0.275 e. The first-order valence-electron chi connectivity index (χ1n) is 8.29. The van der Waals surface area contributed by atoms with E-state index >= 15 is 0 Å².